The predicted octanol–water partition coefficient (Wildman–Crippen LogP) is 3.04. The first kappa shape index (κ1) is 17.5. The molecule has 1 aliphatic heterocycles. The van der Waals surface area contributed by atoms with Gasteiger partial charge in [0.1, 0.15) is 17.2 Å². The summed E-state index contributed by atoms with van der Waals surface area (Å²) in [4.78, 5) is 19.1. The average molecular weight is 369 g/mol. The third-order valence-corrected chi connectivity index (χ3v) is 4.70. The summed E-state index contributed by atoms with van der Waals surface area (Å²) in [6, 6.07) is 8.06. The van der Waals surface area contributed by atoms with E-state index >= 15 is 0 Å². The average Bonchev–Trinajstić information content (AvgIpc) is 3.03. The quantitative estimate of drug-likeness (QED) is 0.766. The molecule has 6 nitrogen and oxygen atoms in total. The lowest BCUT2D eigenvalue weighted by Gasteiger charge is -2.28. The van der Waals surface area contributed by atoms with Gasteiger partial charge in [0, 0.05) is 36.8 Å². The molecule has 0 unspecified atom stereocenters. The highest BCUT2D eigenvalue weighted by Gasteiger charge is 2.18. The van der Waals surface area contributed by atoms with Gasteiger partial charge < -0.3 is 19.4 Å². The summed E-state index contributed by atoms with van der Waals surface area (Å²) in [6.45, 7) is 5.09. The van der Waals surface area contributed by atoms with Gasteiger partial charge in [-0.1, -0.05) is 0 Å². The van der Waals surface area contributed by atoms with Crippen LogP contribution in [0, 0.1) is 12.7 Å². The van der Waals surface area contributed by atoms with E-state index in [9.17, 15) is 9.18 Å². The van der Waals surface area contributed by atoms with Crippen molar-refractivity contribution >= 4 is 22.7 Å². The number of aromatic nitrogens is 1. The molecule has 1 aliphatic rings. The van der Waals surface area contributed by atoms with Crippen molar-refractivity contribution in [3.8, 4) is 0 Å². The van der Waals surface area contributed by atoms with Gasteiger partial charge in [0.05, 0.1) is 13.2 Å². The number of halogens is 1. The molecule has 27 heavy (non-hydrogen) atoms. The van der Waals surface area contributed by atoms with Crippen LogP contribution in [0.5, 0.6) is 0 Å². The molecule has 2 aromatic heterocycles. The number of hydrogen-bond acceptors (Lipinski definition) is 5. The largest absolute Gasteiger partial charge is 0.451 e. The third-order valence-electron chi connectivity index (χ3n) is 4.70. The second-order valence-electron chi connectivity index (χ2n) is 6.50. The minimum absolute atomic E-state index is 0.207. The van der Waals surface area contributed by atoms with Gasteiger partial charge in [-0.2, -0.15) is 0 Å². The van der Waals surface area contributed by atoms with Crippen molar-refractivity contribution < 1.29 is 18.3 Å². The van der Waals surface area contributed by atoms with Gasteiger partial charge in [-0.25, -0.2) is 9.37 Å². The lowest BCUT2D eigenvalue weighted by Crippen LogP contribution is -2.36. The number of benzene rings is 1. The van der Waals surface area contributed by atoms with E-state index < -0.39 is 0 Å². The van der Waals surface area contributed by atoms with Crippen LogP contribution in [0.15, 0.2) is 40.9 Å². The highest BCUT2D eigenvalue weighted by Crippen LogP contribution is 2.26. The summed E-state index contributed by atoms with van der Waals surface area (Å²) in [5.41, 5.74) is 2.07. The first-order valence-corrected chi connectivity index (χ1v) is 8.86. The van der Waals surface area contributed by atoms with Crippen molar-refractivity contribution in [3.05, 3.63) is 59.2 Å². The van der Waals surface area contributed by atoms with E-state index in [1.54, 1.807) is 13.1 Å². The van der Waals surface area contributed by atoms with E-state index in [1.165, 1.54) is 18.2 Å². The second kappa shape index (κ2) is 7.36. The number of morpholine rings is 1. The monoisotopic (exact) mass is 369 g/mol. The maximum Gasteiger partial charge on any atom is 0.287 e. The zero-order valence-electron chi connectivity index (χ0n) is 15.0. The van der Waals surface area contributed by atoms with E-state index in [2.05, 4.69) is 15.2 Å². The third kappa shape index (κ3) is 3.64. The molecular formula is C20H20FN3O3. The Morgan fingerprint density at radius 1 is 1.26 bits per heavy atom. The van der Waals surface area contributed by atoms with Crippen LogP contribution < -0.4 is 10.2 Å². The van der Waals surface area contributed by atoms with E-state index in [0.29, 0.717) is 36.3 Å². The lowest BCUT2D eigenvalue weighted by molar-refractivity contribution is 0.0924. The zero-order valence-corrected chi connectivity index (χ0v) is 15.0. The van der Waals surface area contributed by atoms with Gasteiger partial charge in [-0.3, -0.25) is 4.79 Å². The van der Waals surface area contributed by atoms with Crippen LogP contribution in [0.25, 0.3) is 11.0 Å². The number of carbonyl (C=O) groups excluding carboxylic acids is 1. The fourth-order valence-electron chi connectivity index (χ4n) is 3.21. The number of hydrogen-bond donors (Lipinski definition) is 1. The number of fused-ring (bicyclic) bond motifs is 1. The first-order valence-electron chi connectivity index (χ1n) is 8.86. The van der Waals surface area contributed by atoms with Crippen molar-refractivity contribution in [1.82, 2.24) is 10.3 Å². The van der Waals surface area contributed by atoms with E-state index in [0.717, 1.165) is 24.5 Å². The number of pyridine rings is 1. The van der Waals surface area contributed by atoms with Crippen LogP contribution in [-0.4, -0.2) is 37.2 Å². The molecule has 140 valence electrons. The highest BCUT2D eigenvalue weighted by molar-refractivity contribution is 5.98. The molecule has 4 rings (SSSR count). The minimum Gasteiger partial charge on any atom is -0.451 e. The molecule has 0 atom stereocenters. The normalized spacial score (nSPS) is 14.5. The van der Waals surface area contributed by atoms with Crippen LogP contribution in [0.3, 0.4) is 0 Å². The summed E-state index contributed by atoms with van der Waals surface area (Å²) in [6.07, 6.45) is 1.74. The highest BCUT2D eigenvalue weighted by atomic mass is 19.1. The Morgan fingerprint density at radius 3 is 2.89 bits per heavy atom. The molecule has 3 heterocycles. The molecule has 7 heteroatoms. The van der Waals surface area contributed by atoms with Crippen molar-refractivity contribution in [2.75, 3.05) is 31.2 Å². The van der Waals surface area contributed by atoms with E-state index in [1.807, 2.05) is 12.1 Å². The summed E-state index contributed by atoms with van der Waals surface area (Å²) >= 11 is 0. The molecule has 1 fully saturated rings. The van der Waals surface area contributed by atoms with Crippen LogP contribution in [0.4, 0.5) is 10.2 Å². The van der Waals surface area contributed by atoms with Crippen molar-refractivity contribution in [2.45, 2.75) is 13.5 Å². The van der Waals surface area contributed by atoms with Gasteiger partial charge in [-0.15, -0.1) is 0 Å². The molecule has 1 amide bonds. The Kier molecular flexibility index (Phi) is 4.77. The standard InChI is InChI=1S/C20H20FN3O3/c1-13-16-11-15(21)2-3-17(16)27-19(13)20(25)23-12-14-4-5-22-18(10-14)24-6-8-26-9-7-24/h2-5,10-11H,6-9,12H2,1H3,(H,23,25). The molecule has 1 saturated heterocycles. The number of anilines is 1. The van der Waals surface area contributed by atoms with Gasteiger partial charge in [0.15, 0.2) is 5.76 Å². The molecule has 1 aromatic carbocycles. The topological polar surface area (TPSA) is 67.6 Å². The van der Waals surface area contributed by atoms with Crippen molar-refractivity contribution in [3.63, 3.8) is 0 Å². The predicted molar refractivity (Wildman–Crippen MR) is 99.3 cm³/mol. The fourth-order valence-corrected chi connectivity index (χ4v) is 3.21. The van der Waals surface area contributed by atoms with Crippen LogP contribution in [0.2, 0.25) is 0 Å². The summed E-state index contributed by atoms with van der Waals surface area (Å²) in [5.74, 6) is 0.401. The Bertz CT molecular complexity index is 980. The SMILES string of the molecule is Cc1c(C(=O)NCc2ccnc(N3CCOCC3)c2)oc2ccc(F)cc12. The van der Waals surface area contributed by atoms with Gasteiger partial charge in [0.25, 0.3) is 5.91 Å². The zero-order chi connectivity index (χ0) is 18.8. The Morgan fingerprint density at radius 2 is 2.07 bits per heavy atom. The van der Waals surface area contributed by atoms with Gasteiger partial charge in [-0.05, 0) is 42.8 Å². The van der Waals surface area contributed by atoms with Crippen molar-refractivity contribution in [1.29, 1.82) is 0 Å². The Balaban J connectivity index is 1.47. The maximum atomic E-state index is 13.4. The number of amides is 1. The van der Waals surface area contributed by atoms with Gasteiger partial charge in [0.2, 0.25) is 0 Å². The number of rotatable bonds is 4. The minimum atomic E-state index is -0.356. The lowest BCUT2D eigenvalue weighted by atomic mass is 10.1. The molecule has 0 aliphatic carbocycles. The maximum absolute atomic E-state index is 13.4. The number of nitrogens with one attached hydrogen (secondary N) is 1. The summed E-state index contributed by atoms with van der Waals surface area (Å²) in [5, 5.41) is 3.47. The number of carbonyl (C=O) groups is 1. The number of furan rings is 1. The number of aryl methyl sites for hydroxylation is 1. The summed E-state index contributed by atoms with van der Waals surface area (Å²) < 4.78 is 24.4. The fraction of sp³-hybridized carbons (Fsp3) is 0.300. The smallest absolute Gasteiger partial charge is 0.287 e. The van der Waals surface area contributed by atoms with E-state index in [-0.39, 0.29) is 17.5 Å². The molecular weight excluding hydrogens is 349 g/mol. The molecule has 0 bridgehead atoms. The first-order chi connectivity index (χ1) is 13.1. The molecule has 1 N–H and O–H groups in total. The number of ether oxygens (including phenoxy) is 1. The van der Waals surface area contributed by atoms with Crippen LogP contribution in [-0.2, 0) is 11.3 Å². The Hall–Kier alpha value is -2.93. The molecule has 0 radical (unpaired) electrons. The van der Waals surface area contributed by atoms with Gasteiger partial charge >= 0.3 is 0 Å². The number of nitrogens with zero attached hydrogens (tertiary/aromatic N) is 2. The van der Waals surface area contributed by atoms with Crippen molar-refractivity contribution in [2.24, 2.45) is 0 Å². The molecule has 0 spiro atoms. The van der Waals surface area contributed by atoms with E-state index in [4.69, 9.17) is 9.15 Å². The van der Waals surface area contributed by atoms with Crippen LogP contribution >= 0.6 is 0 Å². The summed E-state index contributed by atoms with van der Waals surface area (Å²) in [7, 11) is 0. The molecule has 3 aromatic rings. The Labute approximate surface area is 155 Å². The molecule has 0 saturated carbocycles. The second-order valence-corrected chi connectivity index (χ2v) is 6.50. The van der Waals surface area contributed by atoms with Crippen LogP contribution in [0.1, 0.15) is 21.7 Å².